The van der Waals surface area contributed by atoms with Crippen molar-refractivity contribution in [1.29, 1.82) is 0 Å². The summed E-state index contributed by atoms with van der Waals surface area (Å²) in [6.45, 7) is 3.29. The lowest BCUT2D eigenvalue weighted by molar-refractivity contribution is -0.148. The number of nitrogens with one attached hydrogen (secondary N) is 2. The fourth-order valence-electron chi connectivity index (χ4n) is 2.09. The molecule has 0 saturated carbocycles. The number of esters is 1. The largest absolute Gasteiger partial charge is 0.469 e. The highest BCUT2D eigenvalue weighted by molar-refractivity contribution is 5.86. The first kappa shape index (κ1) is 14.9. The van der Waals surface area contributed by atoms with Gasteiger partial charge < -0.3 is 20.1 Å². The van der Waals surface area contributed by atoms with E-state index in [4.69, 9.17) is 4.74 Å². The lowest BCUT2D eigenvalue weighted by atomic mass is 9.90. The Bertz CT molecular complexity index is 300. The van der Waals surface area contributed by atoms with E-state index < -0.39 is 5.60 Å². The summed E-state index contributed by atoms with van der Waals surface area (Å²) in [6.07, 6.45) is 1.45. The van der Waals surface area contributed by atoms with Crippen molar-refractivity contribution in [2.45, 2.75) is 37.8 Å². The molecule has 1 aliphatic heterocycles. The summed E-state index contributed by atoms with van der Waals surface area (Å²) < 4.78 is 9.97. The van der Waals surface area contributed by atoms with Crippen molar-refractivity contribution in [3.8, 4) is 0 Å². The third-order valence-corrected chi connectivity index (χ3v) is 3.29. The van der Waals surface area contributed by atoms with Crippen LogP contribution in [0, 0.1) is 0 Å². The van der Waals surface area contributed by atoms with Crippen LogP contribution < -0.4 is 10.6 Å². The zero-order chi connectivity index (χ0) is 13.6. The van der Waals surface area contributed by atoms with Gasteiger partial charge in [-0.3, -0.25) is 9.59 Å². The second-order valence-corrected chi connectivity index (χ2v) is 4.60. The zero-order valence-electron chi connectivity index (χ0n) is 11.2. The van der Waals surface area contributed by atoms with Gasteiger partial charge >= 0.3 is 5.97 Å². The average Bonchev–Trinajstić information content (AvgIpc) is 2.39. The number of carbonyl (C=O) groups is 2. The first-order valence-electron chi connectivity index (χ1n) is 6.18. The van der Waals surface area contributed by atoms with Gasteiger partial charge in [-0.15, -0.1) is 0 Å². The monoisotopic (exact) mass is 258 g/mol. The Hall–Kier alpha value is -1.14. The zero-order valence-corrected chi connectivity index (χ0v) is 11.2. The average molecular weight is 258 g/mol. The summed E-state index contributed by atoms with van der Waals surface area (Å²) >= 11 is 0. The molecule has 1 unspecified atom stereocenters. The number of carbonyl (C=O) groups excluding carboxylic acids is 2. The minimum absolute atomic E-state index is 0.150. The van der Waals surface area contributed by atoms with Crippen molar-refractivity contribution in [3.05, 3.63) is 0 Å². The van der Waals surface area contributed by atoms with E-state index in [2.05, 4.69) is 15.4 Å². The predicted octanol–water partition coefficient (Wildman–Crippen LogP) is -0.177. The van der Waals surface area contributed by atoms with Gasteiger partial charge in [0.2, 0.25) is 0 Å². The third-order valence-electron chi connectivity index (χ3n) is 3.29. The topological polar surface area (TPSA) is 76.7 Å². The second kappa shape index (κ2) is 6.70. The van der Waals surface area contributed by atoms with E-state index in [1.165, 1.54) is 7.11 Å². The number of hydrogen-bond donors (Lipinski definition) is 2. The van der Waals surface area contributed by atoms with Gasteiger partial charge in [-0.25, -0.2) is 0 Å². The minimum atomic E-state index is -0.768. The maximum Gasteiger partial charge on any atom is 0.307 e. The molecule has 1 amide bonds. The molecule has 1 heterocycles. The van der Waals surface area contributed by atoms with Gasteiger partial charge in [0.05, 0.1) is 13.5 Å². The summed E-state index contributed by atoms with van der Waals surface area (Å²) in [6, 6.07) is -0.258. The molecule has 1 rings (SSSR count). The highest BCUT2D eigenvalue weighted by Crippen LogP contribution is 2.22. The standard InChI is InChI=1S/C12H22N2O4/c1-9(8-10(15)17-2)14-11(16)12(18-3)4-6-13-7-5-12/h9,13H,4-8H2,1-3H3,(H,14,16). The molecule has 1 saturated heterocycles. The van der Waals surface area contributed by atoms with Crippen molar-refractivity contribution in [3.63, 3.8) is 0 Å². The Morgan fingerprint density at radius 1 is 1.33 bits per heavy atom. The third kappa shape index (κ3) is 3.68. The van der Waals surface area contributed by atoms with E-state index in [9.17, 15) is 9.59 Å². The first-order chi connectivity index (χ1) is 8.54. The fourth-order valence-corrected chi connectivity index (χ4v) is 2.09. The maximum atomic E-state index is 12.2. The number of hydrogen-bond acceptors (Lipinski definition) is 5. The van der Waals surface area contributed by atoms with Crippen molar-refractivity contribution in [2.24, 2.45) is 0 Å². The summed E-state index contributed by atoms with van der Waals surface area (Å²) in [5.41, 5.74) is -0.768. The summed E-state index contributed by atoms with van der Waals surface area (Å²) in [5.74, 6) is -0.484. The van der Waals surface area contributed by atoms with E-state index in [0.29, 0.717) is 12.8 Å². The van der Waals surface area contributed by atoms with Gasteiger partial charge in [0, 0.05) is 13.2 Å². The molecule has 0 aromatic heterocycles. The molecule has 18 heavy (non-hydrogen) atoms. The molecule has 1 fully saturated rings. The van der Waals surface area contributed by atoms with Crippen molar-refractivity contribution >= 4 is 11.9 Å². The number of rotatable bonds is 5. The van der Waals surface area contributed by atoms with Crippen molar-refractivity contribution in [1.82, 2.24) is 10.6 Å². The molecular weight excluding hydrogens is 236 g/mol. The van der Waals surface area contributed by atoms with Crippen LogP contribution >= 0.6 is 0 Å². The SMILES string of the molecule is COC(=O)CC(C)NC(=O)C1(OC)CCNCC1. The molecule has 2 N–H and O–H groups in total. The predicted molar refractivity (Wildman–Crippen MR) is 66.1 cm³/mol. The van der Waals surface area contributed by atoms with Crippen LogP contribution in [0.2, 0.25) is 0 Å². The van der Waals surface area contributed by atoms with E-state index >= 15 is 0 Å². The molecule has 104 valence electrons. The maximum absolute atomic E-state index is 12.2. The Morgan fingerprint density at radius 3 is 2.44 bits per heavy atom. The molecule has 6 nitrogen and oxygen atoms in total. The Balaban J connectivity index is 2.54. The lowest BCUT2D eigenvalue weighted by Crippen LogP contribution is -2.55. The van der Waals surface area contributed by atoms with Crippen molar-refractivity contribution in [2.75, 3.05) is 27.3 Å². The quantitative estimate of drug-likeness (QED) is 0.669. The highest BCUT2D eigenvalue weighted by Gasteiger charge is 2.40. The molecule has 0 aromatic carbocycles. The normalized spacial score (nSPS) is 19.9. The van der Waals surface area contributed by atoms with E-state index in [1.54, 1.807) is 14.0 Å². The number of methoxy groups -OCH3 is 2. The van der Waals surface area contributed by atoms with Gasteiger partial charge in [-0.1, -0.05) is 0 Å². The Morgan fingerprint density at radius 2 is 1.94 bits per heavy atom. The van der Waals surface area contributed by atoms with Gasteiger partial charge in [0.1, 0.15) is 5.60 Å². The van der Waals surface area contributed by atoms with Crippen LogP contribution in [0.25, 0.3) is 0 Å². The van der Waals surface area contributed by atoms with Gasteiger partial charge in [-0.05, 0) is 32.9 Å². The van der Waals surface area contributed by atoms with Crippen LogP contribution in [0.3, 0.4) is 0 Å². The number of amides is 1. The number of piperidine rings is 1. The van der Waals surface area contributed by atoms with Crippen LogP contribution in [0.5, 0.6) is 0 Å². The number of ether oxygens (including phenoxy) is 2. The second-order valence-electron chi connectivity index (χ2n) is 4.60. The van der Waals surface area contributed by atoms with Gasteiger partial charge in [0.25, 0.3) is 5.91 Å². The highest BCUT2D eigenvalue weighted by atomic mass is 16.5. The lowest BCUT2D eigenvalue weighted by Gasteiger charge is -2.35. The van der Waals surface area contributed by atoms with Crippen LogP contribution in [-0.4, -0.2) is 50.8 Å². The van der Waals surface area contributed by atoms with Crippen molar-refractivity contribution < 1.29 is 19.1 Å². The van der Waals surface area contributed by atoms with Gasteiger partial charge in [-0.2, -0.15) is 0 Å². The Kier molecular flexibility index (Phi) is 5.55. The van der Waals surface area contributed by atoms with Crippen LogP contribution in [-0.2, 0) is 19.1 Å². The fraction of sp³-hybridized carbons (Fsp3) is 0.833. The Labute approximate surface area is 107 Å². The first-order valence-corrected chi connectivity index (χ1v) is 6.18. The molecule has 1 atom stereocenters. The molecule has 0 radical (unpaired) electrons. The summed E-state index contributed by atoms with van der Waals surface area (Å²) in [4.78, 5) is 23.3. The van der Waals surface area contributed by atoms with Gasteiger partial charge in [0.15, 0.2) is 0 Å². The molecular formula is C12H22N2O4. The summed E-state index contributed by atoms with van der Waals surface area (Å²) in [5, 5.41) is 6.00. The smallest absolute Gasteiger partial charge is 0.307 e. The molecule has 6 heteroatoms. The van der Waals surface area contributed by atoms with E-state index in [0.717, 1.165) is 13.1 Å². The van der Waals surface area contributed by atoms with Crippen LogP contribution in [0.1, 0.15) is 26.2 Å². The summed E-state index contributed by atoms with van der Waals surface area (Å²) in [7, 11) is 2.89. The van der Waals surface area contributed by atoms with Crippen LogP contribution in [0.4, 0.5) is 0 Å². The molecule has 0 aliphatic carbocycles. The minimum Gasteiger partial charge on any atom is -0.469 e. The molecule has 0 spiro atoms. The van der Waals surface area contributed by atoms with Crippen LogP contribution in [0.15, 0.2) is 0 Å². The molecule has 0 aromatic rings. The van der Waals surface area contributed by atoms with E-state index in [1.807, 2.05) is 0 Å². The van der Waals surface area contributed by atoms with E-state index in [-0.39, 0.29) is 24.3 Å². The molecule has 1 aliphatic rings. The molecule has 0 bridgehead atoms.